The zero-order chi connectivity index (χ0) is 11.5. The van der Waals surface area contributed by atoms with E-state index >= 15 is 0 Å². The average molecular weight is 243 g/mol. The van der Waals surface area contributed by atoms with E-state index in [1.807, 2.05) is 6.07 Å². The van der Waals surface area contributed by atoms with E-state index < -0.39 is 9.73 Å². The van der Waals surface area contributed by atoms with Crippen LogP contribution in [-0.4, -0.2) is 16.7 Å². The van der Waals surface area contributed by atoms with E-state index in [-0.39, 0.29) is 0 Å². The normalized spacial score (nSPS) is 10.8. The Labute approximate surface area is 94.9 Å². The van der Waals surface area contributed by atoms with Crippen molar-refractivity contribution in [3.8, 4) is 6.07 Å². The maximum absolute atomic E-state index is 11.4. The fourth-order valence-corrected chi connectivity index (χ4v) is 1.99. The van der Waals surface area contributed by atoms with E-state index in [0.717, 1.165) is 5.56 Å². The molecule has 3 nitrogen and oxygen atoms in total. The molecule has 0 aromatic heterocycles. The third-order valence-electron chi connectivity index (χ3n) is 1.61. The summed E-state index contributed by atoms with van der Waals surface area (Å²) in [6, 6.07) is 7.15. The van der Waals surface area contributed by atoms with Crippen LogP contribution >= 0.6 is 11.6 Å². The molecule has 0 spiro atoms. The lowest BCUT2D eigenvalue weighted by Gasteiger charge is -2.01. The van der Waals surface area contributed by atoms with Crippen molar-refractivity contribution in [1.82, 2.24) is 0 Å². The second-order valence-corrected chi connectivity index (χ2v) is 6.35. The van der Waals surface area contributed by atoms with Crippen molar-refractivity contribution < 1.29 is 4.21 Å². The molecule has 0 unspecified atom stereocenters. The molecule has 80 valence electrons. The Bertz CT molecular complexity index is 517. The first-order valence-corrected chi connectivity index (χ1v) is 6.96. The molecule has 15 heavy (non-hydrogen) atoms. The molecule has 0 N–H and O–H groups in total. The van der Waals surface area contributed by atoms with Gasteiger partial charge < -0.3 is 0 Å². The highest BCUT2D eigenvalue weighted by atomic mass is 35.5. The monoisotopic (exact) mass is 242 g/mol. The molecule has 0 saturated carbocycles. The van der Waals surface area contributed by atoms with Crippen molar-refractivity contribution >= 4 is 27.0 Å². The Morgan fingerprint density at radius 1 is 1.53 bits per heavy atom. The number of benzene rings is 1. The molecule has 0 saturated heterocycles. The van der Waals surface area contributed by atoms with Gasteiger partial charge in [0.2, 0.25) is 0 Å². The zero-order valence-electron chi connectivity index (χ0n) is 8.53. The maximum atomic E-state index is 11.4. The third kappa shape index (κ3) is 3.90. The Morgan fingerprint density at radius 3 is 2.67 bits per heavy atom. The quantitative estimate of drug-likeness (QED) is 0.801. The van der Waals surface area contributed by atoms with Crippen LogP contribution in [0.4, 0.5) is 5.69 Å². The molecule has 0 atom stereocenters. The van der Waals surface area contributed by atoms with Crippen LogP contribution < -0.4 is 0 Å². The predicted molar refractivity (Wildman–Crippen MR) is 62.8 cm³/mol. The van der Waals surface area contributed by atoms with Gasteiger partial charge in [-0.2, -0.15) is 9.62 Å². The standard InChI is InChI=1S/C10H11ClN2OS/c1-15(2,14)13-10-4-3-8(5-6-12)7-9(10)11/h3-4,7H,5H2,1-2H3. The van der Waals surface area contributed by atoms with Gasteiger partial charge in [0.25, 0.3) is 0 Å². The third-order valence-corrected chi connectivity index (χ3v) is 2.55. The highest BCUT2D eigenvalue weighted by Gasteiger charge is 2.02. The molecule has 0 fully saturated rings. The maximum Gasteiger partial charge on any atom is 0.0916 e. The molecular formula is C10H11ClN2OS. The molecule has 0 radical (unpaired) electrons. The Morgan fingerprint density at radius 2 is 2.20 bits per heavy atom. The van der Waals surface area contributed by atoms with Crippen molar-refractivity contribution in [1.29, 1.82) is 5.26 Å². The van der Waals surface area contributed by atoms with Crippen LogP contribution in [0.1, 0.15) is 5.56 Å². The van der Waals surface area contributed by atoms with E-state index in [0.29, 0.717) is 17.1 Å². The van der Waals surface area contributed by atoms with Crippen LogP contribution in [-0.2, 0) is 16.1 Å². The van der Waals surface area contributed by atoms with Gasteiger partial charge in [0, 0.05) is 22.2 Å². The van der Waals surface area contributed by atoms with Gasteiger partial charge in [-0.3, -0.25) is 0 Å². The van der Waals surface area contributed by atoms with Gasteiger partial charge in [-0.25, -0.2) is 4.21 Å². The summed E-state index contributed by atoms with van der Waals surface area (Å²) in [7, 11) is -2.20. The van der Waals surface area contributed by atoms with Gasteiger partial charge in [0.05, 0.1) is 23.2 Å². The summed E-state index contributed by atoms with van der Waals surface area (Å²) in [5, 5.41) is 8.93. The van der Waals surface area contributed by atoms with Crippen molar-refractivity contribution in [2.75, 3.05) is 12.5 Å². The number of hydrogen-bond acceptors (Lipinski definition) is 3. The zero-order valence-corrected chi connectivity index (χ0v) is 10.1. The first-order chi connectivity index (χ1) is 6.92. The lowest BCUT2D eigenvalue weighted by Crippen LogP contribution is -1.89. The van der Waals surface area contributed by atoms with Gasteiger partial charge in [-0.1, -0.05) is 17.7 Å². The van der Waals surface area contributed by atoms with Gasteiger partial charge >= 0.3 is 0 Å². The molecule has 5 heteroatoms. The minimum absolute atomic E-state index is 0.313. The van der Waals surface area contributed by atoms with Gasteiger partial charge in [-0.15, -0.1) is 0 Å². The summed E-state index contributed by atoms with van der Waals surface area (Å²) >= 11 is 5.94. The minimum atomic E-state index is -2.20. The van der Waals surface area contributed by atoms with Gasteiger partial charge in [-0.05, 0) is 17.7 Å². The summed E-state index contributed by atoms with van der Waals surface area (Å²) in [5.74, 6) is 0. The summed E-state index contributed by atoms with van der Waals surface area (Å²) in [5.41, 5.74) is 1.34. The van der Waals surface area contributed by atoms with E-state index in [4.69, 9.17) is 16.9 Å². The van der Waals surface area contributed by atoms with E-state index in [1.54, 1.807) is 30.7 Å². The fraction of sp³-hybridized carbons (Fsp3) is 0.300. The molecule has 0 aliphatic rings. The van der Waals surface area contributed by atoms with Crippen molar-refractivity contribution in [2.45, 2.75) is 6.42 Å². The molecule has 0 aliphatic heterocycles. The Kier molecular flexibility index (Phi) is 3.72. The lowest BCUT2D eigenvalue weighted by molar-refractivity contribution is 0.684. The lowest BCUT2D eigenvalue weighted by atomic mass is 10.1. The number of halogens is 1. The second-order valence-electron chi connectivity index (χ2n) is 3.39. The molecule has 1 aromatic rings. The number of nitrogens with zero attached hydrogens (tertiary/aromatic N) is 2. The van der Waals surface area contributed by atoms with Crippen LogP contribution in [0.3, 0.4) is 0 Å². The number of nitriles is 1. The van der Waals surface area contributed by atoms with Crippen molar-refractivity contribution in [3.05, 3.63) is 28.8 Å². The fourth-order valence-electron chi connectivity index (χ4n) is 1.06. The van der Waals surface area contributed by atoms with Crippen molar-refractivity contribution in [3.63, 3.8) is 0 Å². The Hall–Kier alpha value is -1.05. The van der Waals surface area contributed by atoms with Crippen LogP contribution in [0, 0.1) is 11.3 Å². The molecule has 0 heterocycles. The van der Waals surface area contributed by atoms with Crippen LogP contribution in [0.5, 0.6) is 0 Å². The second kappa shape index (κ2) is 4.65. The van der Waals surface area contributed by atoms with Crippen molar-refractivity contribution in [2.24, 2.45) is 4.36 Å². The number of hydrogen-bond donors (Lipinski definition) is 0. The SMILES string of the molecule is CS(C)(=O)=Nc1ccc(CC#N)cc1Cl. The van der Waals surface area contributed by atoms with E-state index in [2.05, 4.69) is 4.36 Å². The van der Waals surface area contributed by atoms with Crippen LogP contribution in [0.2, 0.25) is 5.02 Å². The first kappa shape index (κ1) is 12.0. The van der Waals surface area contributed by atoms with Crippen LogP contribution in [0.15, 0.2) is 22.6 Å². The molecular weight excluding hydrogens is 232 g/mol. The van der Waals surface area contributed by atoms with E-state index in [1.165, 1.54) is 0 Å². The molecule has 0 amide bonds. The topological polar surface area (TPSA) is 53.2 Å². The van der Waals surface area contributed by atoms with Gasteiger partial charge in [0.15, 0.2) is 0 Å². The predicted octanol–water partition coefficient (Wildman–Crippen LogP) is 2.77. The van der Waals surface area contributed by atoms with Gasteiger partial charge in [0.1, 0.15) is 0 Å². The summed E-state index contributed by atoms with van der Waals surface area (Å²) in [4.78, 5) is 0. The average Bonchev–Trinajstić information content (AvgIpc) is 2.08. The smallest absolute Gasteiger partial charge is 0.0916 e. The number of rotatable bonds is 2. The first-order valence-electron chi connectivity index (χ1n) is 4.25. The molecule has 0 bridgehead atoms. The summed E-state index contributed by atoms with van der Waals surface area (Å²) < 4.78 is 15.4. The van der Waals surface area contributed by atoms with Crippen LogP contribution in [0.25, 0.3) is 0 Å². The minimum Gasteiger partial charge on any atom is -0.250 e. The van der Waals surface area contributed by atoms with E-state index in [9.17, 15) is 4.21 Å². The Balaban J connectivity index is 3.16. The highest BCUT2D eigenvalue weighted by Crippen LogP contribution is 2.26. The molecule has 1 aromatic carbocycles. The summed E-state index contributed by atoms with van der Waals surface area (Å²) in [6.07, 6.45) is 3.41. The molecule has 0 aliphatic carbocycles. The highest BCUT2D eigenvalue weighted by molar-refractivity contribution is 7.92. The molecule has 1 rings (SSSR count). The largest absolute Gasteiger partial charge is 0.250 e. The summed E-state index contributed by atoms with van der Waals surface area (Å²) in [6.45, 7) is 0.